The van der Waals surface area contributed by atoms with Crippen LogP contribution in [0.15, 0.2) is 24.3 Å². The quantitative estimate of drug-likeness (QED) is 0.655. The van der Waals surface area contributed by atoms with Crippen LogP contribution in [-0.2, 0) is 6.42 Å². The minimum absolute atomic E-state index is 0.587. The molecule has 21 heavy (non-hydrogen) atoms. The minimum atomic E-state index is 0.587. The van der Waals surface area contributed by atoms with E-state index in [1.807, 2.05) is 13.8 Å². The number of hydrogen-bond acceptors (Lipinski definition) is 5. The largest absolute Gasteiger partial charge is 0.325 e. The third-order valence-electron chi connectivity index (χ3n) is 3.97. The van der Waals surface area contributed by atoms with Gasteiger partial charge in [0.25, 0.3) is 0 Å². The van der Waals surface area contributed by atoms with Crippen LogP contribution < -0.4 is 16.2 Å². The maximum atomic E-state index is 5.58. The summed E-state index contributed by atoms with van der Waals surface area (Å²) in [6.07, 6.45) is 1.11. The highest BCUT2D eigenvalue weighted by Crippen LogP contribution is 2.36. The van der Waals surface area contributed by atoms with Crippen LogP contribution in [0.4, 0.5) is 17.3 Å². The second-order valence-corrected chi connectivity index (χ2v) is 5.76. The van der Waals surface area contributed by atoms with Gasteiger partial charge in [0.1, 0.15) is 17.5 Å². The van der Waals surface area contributed by atoms with Crippen LogP contribution in [0.5, 0.6) is 0 Å². The Kier molecular flexibility index (Phi) is 3.51. The number of fused-ring (bicyclic) bond motifs is 1. The Morgan fingerprint density at radius 2 is 2.00 bits per heavy atom. The lowest BCUT2D eigenvalue weighted by molar-refractivity contribution is 0.559. The summed E-state index contributed by atoms with van der Waals surface area (Å²) in [6.45, 7) is 7.13. The zero-order valence-corrected chi connectivity index (χ0v) is 12.7. The number of aromatic nitrogens is 2. The number of nitrogen functional groups attached to an aromatic ring is 1. The number of para-hydroxylation sites is 1. The number of hydrazine groups is 1. The predicted molar refractivity (Wildman–Crippen MR) is 85.6 cm³/mol. The molecule has 1 aliphatic heterocycles. The molecule has 0 amide bonds. The molecule has 3 rings (SSSR count). The third-order valence-corrected chi connectivity index (χ3v) is 3.97. The number of hydrogen-bond donors (Lipinski definition) is 2. The first-order valence-corrected chi connectivity index (χ1v) is 7.27. The molecule has 2 heterocycles. The Labute approximate surface area is 125 Å². The fraction of sp³-hybridized carbons (Fsp3) is 0.375. The minimum Gasteiger partial charge on any atom is -0.325 e. The van der Waals surface area contributed by atoms with Crippen molar-refractivity contribution in [2.45, 2.75) is 27.2 Å². The monoisotopic (exact) mass is 283 g/mol. The summed E-state index contributed by atoms with van der Waals surface area (Å²) in [5, 5.41) is 0. The molecule has 0 radical (unpaired) electrons. The second-order valence-electron chi connectivity index (χ2n) is 5.76. The van der Waals surface area contributed by atoms with Crippen molar-refractivity contribution in [3.8, 4) is 0 Å². The molecule has 0 saturated carbocycles. The maximum Gasteiger partial charge on any atom is 0.148 e. The van der Waals surface area contributed by atoms with E-state index in [4.69, 9.17) is 5.84 Å². The highest BCUT2D eigenvalue weighted by molar-refractivity contribution is 5.70. The van der Waals surface area contributed by atoms with Crippen LogP contribution in [-0.4, -0.2) is 16.5 Å². The van der Waals surface area contributed by atoms with Crippen molar-refractivity contribution in [1.29, 1.82) is 0 Å². The van der Waals surface area contributed by atoms with Crippen molar-refractivity contribution in [3.05, 3.63) is 41.2 Å². The van der Waals surface area contributed by atoms with Gasteiger partial charge >= 0.3 is 0 Å². The summed E-state index contributed by atoms with van der Waals surface area (Å²) in [6, 6.07) is 8.53. The normalized spacial score (nSPS) is 17.5. The van der Waals surface area contributed by atoms with E-state index in [0.717, 1.165) is 30.2 Å². The van der Waals surface area contributed by atoms with Crippen molar-refractivity contribution in [2.75, 3.05) is 16.9 Å². The highest BCUT2D eigenvalue weighted by atomic mass is 15.3. The molecule has 1 aliphatic rings. The van der Waals surface area contributed by atoms with Gasteiger partial charge < -0.3 is 10.3 Å². The Balaban J connectivity index is 2.15. The number of rotatable bonds is 2. The van der Waals surface area contributed by atoms with Crippen molar-refractivity contribution in [2.24, 2.45) is 11.8 Å². The summed E-state index contributed by atoms with van der Waals surface area (Å²) in [5.41, 5.74) is 6.26. The second kappa shape index (κ2) is 5.33. The van der Waals surface area contributed by atoms with E-state index in [-0.39, 0.29) is 0 Å². The van der Waals surface area contributed by atoms with Gasteiger partial charge in [-0.25, -0.2) is 15.8 Å². The van der Waals surface area contributed by atoms with E-state index >= 15 is 0 Å². The van der Waals surface area contributed by atoms with Crippen molar-refractivity contribution < 1.29 is 0 Å². The fourth-order valence-electron chi connectivity index (χ4n) is 3.01. The molecular formula is C16H21N5. The molecule has 0 saturated heterocycles. The molecule has 0 aliphatic carbocycles. The molecule has 1 aromatic heterocycles. The first-order valence-electron chi connectivity index (χ1n) is 7.27. The van der Waals surface area contributed by atoms with Gasteiger partial charge in [0, 0.05) is 17.8 Å². The number of nitrogens with one attached hydrogen (secondary N) is 1. The SMILES string of the molecule is Cc1nc(NN)c(C)c(N2CC(C)Cc3ccccc32)n1. The summed E-state index contributed by atoms with van der Waals surface area (Å²) in [5.74, 6) is 8.52. The van der Waals surface area contributed by atoms with Crippen LogP contribution in [0, 0.1) is 19.8 Å². The zero-order valence-electron chi connectivity index (χ0n) is 12.7. The lowest BCUT2D eigenvalue weighted by Crippen LogP contribution is -2.32. The number of nitrogens with zero attached hydrogens (tertiary/aromatic N) is 3. The van der Waals surface area contributed by atoms with Gasteiger partial charge in [0.15, 0.2) is 0 Å². The fourth-order valence-corrected chi connectivity index (χ4v) is 3.01. The maximum absolute atomic E-state index is 5.58. The van der Waals surface area contributed by atoms with Gasteiger partial charge in [-0.05, 0) is 37.8 Å². The molecule has 5 heteroatoms. The van der Waals surface area contributed by atoms with Crippen molar-refractivity contribution in [3.63, 3.8) is 0 Å². The molecule has 0 bridgehead atoms. The van der Waals surface area contributed by atoms with Gasteiger partial charge in [-0.1, -0.05) is 25.1 Å². The number of nitrogens with two attached hydrogens (primary N) is 1. The Hall–Kier alpha value is -2.14. The number of anilines is 3. The first kappa shape index (κ1) is 13.8. The van der Waals surface area contributed by atoms with Crippen molar-refractivity contribution in [1.82, 2.24) is 9.97 Å². The lowest BCUT2D eigenvalue weighted by atomic mass is 9.93. The highest BCUT2D eigenvalue weighted by Gasteiger charge is 2.25. The van der Waals surface area contributed by atoms with Crippen LogP contribution in [0.1, 0.15) is 23.9 Å². The number of aryl methyl sites for hydroxylation is 1. The molecule has 5 nitrogen and oxygen atoms in total. The molecule has 0 spiro atoms. The summed E-state index contributed by atoms with van der Waals surface area (Å²) in [7, 11) is 0. The lowest BCUT2D eigenvalue weighted by Gasteiger charge is -2.35. The van der Waals surface area contributed by atoms with Gasteiger partial charge in [-0.3, -0.25) is 0 Å². The molecule has 1 unspecified atom stereocenters. The smallest absolute Gasteiger partial charge is 0.148 e. The molecule has 1 atom stereocenters. The Bertz CT molecular complexity index is 668. The standard InChI is InChI=1S/C16H21N5/c1-10-8-13-6-4-5-7-14(13)21(9-10)16-11(2)15(20-17)18-12(3)19-16/h4-7,10H,8-9,17H2,1-3H3,(H,18,19,20). The van der Waals surface area contributed by atoms with Gasteiger partial charge in [-0.15, -0.1) is 0 Å². The van der Waals surface area contributed by atoms with E-state index < -0.39 is 0 Å². The molecule has 0 fully saturated rings. The third kappa shape index (κ3) is 2.45. The molecular weight excluding hydrogens is 262 g/mol. The summed E-state index contributed by atoms with van der Waals surface area (Å²) in [4.78, 5) is 11.3. The van der Waals surface area contributed by atoms with Crippen LogP contribution in [0.3, 0.4) is 0 Å². The van der Waals surface area contributed by atoms with Crippen LogP contribution >= 0.6 is 0 Å². The Morgan fingerprint density at radius 1 is 1.24 bits per heavy atom. The van der Waals surface area contributed by atoms with Gasteiger partial charge in [-0.2, -0.15) is 0 Å². The average Bonchev–Trinajstić information content (AvgIpc) is 2.48. The molecule has 110 valence electrons. The van der Waals surface area contributed by atoms with E-state index in [1.54, 1.807) is 0 Å². The van der Waals surface area contributed by atoms with E-state index in [2.05, 4.69) is 51.5 Å². The van der Waals surface area contributed by atoms with Gasteiger partial charge in [0.2, 0.25) is 0 Å². The molecule has 2 aromatic rings. The molecule has 1 aromatic carbocycles. The predicted octanol–water partition coefficient (Wildman–Crippen LogP) is 2.71. The van der Waals surface area contributed by atoms with E-state index in [9.17, 15) is 0 Å². The zero-order chi connectivity index (χ0) is 15.0. The van der Waals surface area contributed by atoms with Crippen LogP contribution in [0.2, 0.25) is 0 Å². The summed E-state index contributed by atoms with van der Waals surface area (Å²) >= 11 is 0. The van der Waals surface area contributed by atoms with E-state index in [0.29, 0.717) is 11.7 Å². The average molecular weight is 283 g/mol. The summed E-state index contributed by atoms with van der Waals surface area (Å²) < 4.78 is 0. The van der Waals surface area contributed by atoms with Gasteiger partial charge in [0.05, 0.1) is 0 Å². The molecule has 3 N–H and O–H groups in total. The topological polar surface area (TPSA) is 67.1 Å². The van der Waals surface area contributed by atoms with Crippen molar-refractivity contribution >= 4 is 17.3 Å². The first-order chi connectivity index (χ1) is 10.1. The van der Waals surface area contributed by atoms with Crippen LogP contribution in [0.25, 0.3) is 0 Å². The number of benzene rings is 1. The van der Waals surface area contributed by atoms with E-state index in [1.165, 1.54) is 11.3 Å². The Morgan fingerprint density at radius 3 is 2.76 bits per heavy atom.